The van der Waals surface area contributed by atoms with Crippen molar-refractivity contribution in [3.63, 3.8) is 0 Å². The Morgan fingerprint density at radius 3 is 2.12 bits per heavy atom. The van der Waals surface area contributed by atoms with Crippen LogP contribution in [0.15, 0.2) is 6.07 Å². The summed E-state index contributed by atoms with van der Waals surface area (Å²) in [6.45, 7) is 10.7. The van der Waals surface area contributed by atoms with Crippen LogP contribution in [0.5, 0.6) is 11.5 Å². The summed E-state index contributed by atoms with van der Waals surface area (Å²) in [5.41, 5.74) is -1.06. The van der Waals surface area contributed by atoms with Crippen molar-refractivity contribution in [3.05, 3.63) is 17.4 Å². The number of benzene rings is 1. The zero-order chi connectivity index (χ0) is 18.8. The van der Waals surface area contributed by atoms with Crippen molar-refractivity contribution >= 4 is 18.6 Å². The Balaban J connectivity index is 2.18. The van der Waals surface area contributed by atoms with E-state index in [1.54, 1.807) is 13.8 Å². The lowest BCUT2D eigenvalue weighted by Crippen LogP contribution is -2.45. The summed E-state index contributed by atoms with van der Waals surface area (Å²) >= 11 is 0. The molecule has 1 saturated heterocycles. The molecule has 8 heteroatoms. The minimum absolute atomic E-state index is 0.105. The number of rotatable bonds is 2. The highest BCUT2D eigenvalue weighted by Gasteiger charge is 2.54. The molecule has 2 aliphatic heterocycles. The molecule has 0 aliphatic carbocycles. The van der Waals surface area contributed by atoms with Crippen molar-refractivity contribution in [3.8, 4) is 11.5 Å². The quantitative estimate of drug-likeness (QED) is 0.602. The minimum atomic E-state index is -1.20. The van der Waals surface area contributed by atoms with Crippen LogP contribution in [0.25, 0.3) is 0 Å². The maximum atomic E-state index is 14.5. The number of esters is 1. The first-order chi connectivity index (χ1) is 11.4. The van der Waals surface area contributed by atoms with E-state index in [1.165, 1.54) is 13.2 Å². The summed E-state index contributed by atoms with van der Waals surface area (Å²) in [5, 5.41) is 0. The fourth-order valence-corrected chi connectivity index (χ4v) is 2.82. The highest BCUT2D eigenvalue weighted by molar-refractivity contribution is 6.63. The number of halogens is 1. The summed E-state index contributed by atoms with van der Waals surface area (Å²) in [4.78, 5) is 12.4. The maximum Gasteiger partial charge on any atom is 0.498 e. The number of hydrogen-bond acceptors (Lipinski definition) is 6. The number of cyclic esters (lactones) is 1. The molecule has 6 nitrogen and oxygen atoms in total. The van der Waals surface area contributed by atoms with Crippen LogP contribution >= 0.6 is 0 Å². The first-order valence-electron chi connectivity index (χ1n) is 8.07. The van der Waals surface area contributed by atoms with E-state index in [1.807, 2.05) is 27.7 Å². The Hall–Kier alpha value is -1.80. The lowest BCUT2D eigenvalue weighted by atomic mass is 9.76. The summed E-state index contributed by atoms with van der Waals surface area (Å²) in [7, 11) is 0.390. The maximum absolute atomic E-state index is 14.5. The van der Waals surface area contributed by atoms with Gasteiger partial charge in [0.2, 0.25) is 5.79 Å². The molecule has 0 amide bonds. The van der Waals surface area contributed by atoms with Crippen molar-refractivity contribution in [2.75, 3.05) is 7.11 Å². The van der Waals surface area contributed by atoms with Crippen LogP contribution in [0, 0.1) is 5.82 Å². The molecule has 1 aromatic rings. The molecule has 136 valence electrons. The van der Waals surface area contributed by atoms with Gasteiger partial charge in [0.25, 0.3) is 0 Å². The first-order valence-corrected chi connectivity index (χ1v) is 8.07. The Bertz CT molecular complexity index is 727. The van der Waals surface area contributed by atoms with Gasteiger partial charge in [-0.3, -0.25) is 0 Å². The van der Waals surface area contributed by atoms with Gasteiger partial charge in [-0.15, -0.1) is 0 Å². The fourth-order valence-electron chi connectivity index (χ4n) is 2.82. The molecule has 1 aromatic carbocycles. The minimum Gasteiger partial charge on any atom is -0.493 e. The molecule has 1 fully saturated rings. The summed E-state index contributed by atoms with van der Waals surface area (Å²) in [6, 6.07) is 1.22. The Morgan fingerprint density at radius 1 is 1.04 bits per heavy atom. The predicted octanol–water partition coefficient (Wildman–Crippen LogP) is 2.42. The molecule has 0 saturated carbocycles. The molecule has 0 unspecified atom stereocenters. The van der Waals surface area contributed by atoms with Crippen molar-refractivity contribution in [2.24, 2.45) is 0 Å². The Morgan fingerprint density at radius 2 is 1.60 bits per heavy atom. The smallest absolute Gasteiger partial charge is 0.493 e. The van der Waals surface area contributed by atoms with Gasteiger partial charge in [0.15, 0.2) is 11.6 Å². The van der Waals surface area contributed by atoms with Gasteiger partial charge in [0.05, 0.1) is 18.3 Å². The summed E-state index contributed by atoms with van der Waals surface area (Å²) in [5.74, 6) is -2.72. The molecular formula is C17H22BFO6. The Labute approximate surface area is 146 Å². The van der Waals surface area contributed by atoms with E-state index >= 15 is 0 Å². The van der Waals surface area contributed by atoms with Crippen molar-refractivity contribution < 1.29 is 32.7 Å². The second kappa shape index (κ2) is 5.35. The molecule has 2 heterocycles. The van der Waals surface area contributed by atoms with Crippen LogP contribution < -0.4 is 14.9 Å². The molecule has 0 spiro atoms. The fraction of sp³-hybridized carbons (Fsp3) is 0.588. The third-order valence-electron chi connectivity index (χ3n) is 4.82. The normalized spacial score (nSPS) is 22.9. The van der Waals surface area contributed by atoms with Crippen molar-refractivity contribution in [1.82, 2.24) is 0 Å². The second-order valence-electron chi connectivity index (χ2n) is 7.66. The van der Waals surface area contributed by atoms with Crippen molar-refractivity contribution in [2.45, 2.75) is 58.5 Å². The topological polar surface area (TPSA) is 63.2 Å². The Kier molecular flexibility index (Phi) is 3.85. The van der Waals surface area contributed by atoms with E-state index < -0.39 is 35.9 Å². The van der Waals surface area contributed by atoms with Crippen LogP contribution in [0.4, 0.5) is 4.39 Å². The number of ether oxygens (including phenoxy) is 3. The van der Waals surface area contributed by atoms with E-state index in [-0.39, 0.29) is 22.5 Å². The molecule has 0 N–H and O–H groups in total. The third-order valence-corrected chi connectivity index (χ3v) is 4.82. The average molecular weight is 352 g/mol. The SMILES string of the molecule is COc1c(F)cc(B2OC(C)(C)C(C)(C)O2)c2c1C(=O)OC(C)(C)O2. The van der Waals surface area contributed by atoms with E-state index in [0.717, 1.165) is 0 Å². The van der Waals surface area contributed by atoms with Crippen LogP contribution in [-0.4, -0.2) is 37.2 Å². The molecule has 2 aliphatic rings. The molecule has 0 atom stereocenters. The van der Waals surface area contributed by atoms with Gasteiger partial charge in [-0.05, 0) is 33.8 Å². The monoisotopic (exact) mass is 352 g/mol. The molecule has 25 heavy (non-hydrogen) atoms. The number of fused-ring (bicyclic) bond motifs is 1. The van der Waals surface area contributed by atoms with Gasteiger partial charge in [-0.2, -0.15) is 0 Å². The predicted molar refractivity (Wildman–Crippen MR) is 88.8 cm³/mol. The van der Waals surface area contributed by atoms with E-state index in [0.29, 0.717) is 0 Å². The highest BCUT2D eigenvalue weighted by Crippen LogP contribution is 2.41. The molecular weight excluding hydrogens is 330 g/mol. The van der Waals surface area contributed by atoms with E-state index in [9.17, 15) is 9.18 Å². The largest absolute Gasteiger partial charge is 0.498 e. The van der Waals surface area contributed by atoms with Crippen LogP contribution in [0.3, 0.4) is 0 Å². The summed E-state index contributed by atoms with van der Waals surface area (Å²) < 4.78 is 42.6. The van der Waals surface area contributed by atoms with Gasteiger partial charge in [-0.1, -0.05) is 0 Å². The van der Waals surface area contributed by atoms with Crippen LogP contribution in [-0.2, 0) is 14.0 Å². The number of methoxy groups -OCH3 is 1. The highest BCUT2D eigenvalue weighted by atomic mass is 19.1. The third kappa shape index (κ3) is 2.77. The van der Waals surface area contributed by atoms with Crippen LogP contribution in [0.1, 0.15) is 51.9 Å². The van der Waals surface area contributed by atoms with Gasteiger partial charge in [-0.25, -0.2) is 9.18 Å². The molecule has 0 bridgehead atoms. The number of carbonyl (C=O) groups is 1. The number of hydrogen-bond donors (Lipinski definition) is 0. The summed E-state index contributed by atoms with van der Waals surface area (Å²) in [6.07, 6.45) is 0. The average Bonchev–Trinajstić information content (AvgIpc) is 2.66. The molecule has 0 aromatic heterocycles. The van der Waals surface area contributed by atoms with E-state index in [4.69, 9.17) is 23.5 Å². The zero-order valence-corrected chi connectivity index (χ0v) is 15.5. The van der Waals surface area contributed by atoms with Gasteiger partial charge in [0.1, 0.15) is 11.3 Å². The van der Waals surface area contributed by atoms with Gasteiger partial charge < -0.3 is 23.5 Å². The van der Waals surface area contributed by atoms with E-state index in [2.05, 4.69) is 0 Å². The van der Waals surface area contributed by atoms with Crippen LogP contribution in [0.2, 0.25) is 0 Å². The lowest BCUT2D eigenvalue weighted by Gasteiger charge is -2.33. The second-order valence-corrected chi connectivity index (χ2v) is 7.66. The standard InChI is InChI=1S/C17H22BFO6/c1-15(2)16(3,4)25-18(24-15)9-8-10(19)13(21-7)11-12(9)22-17(5,6)23-14(11)20/h8H,1-7H3. The lowest BCUT2D eigenvalue weighted by molar-refractivity contribution is -0.127. The zero-order valence-electron chi connectivity index (χ0n) is 15.5. The number of carbonyl (C=O) groups excluding carboxylic acids is 1. The van der Waals surface area contributed by atoms with Gasteiger partial charge >= 0.3 is 13.1 Å². The van der Waals surface area contributed by atoms with Gasteiger partial charge in [0, 0.05) is 19.3 Å². The van der Waals surface area contributed by atoms with Crippen molar-refractivity contribution in [1.29, 1.82) is 0 Å². The molecule has 0 radical (unpaired) electrons. The first kappa shape index (κ1) is 18.0. The molecule has 3 rings (SSSR count).